The maximum atomic E-state index is 11.2. The van der Waals surface area contributed by atoms with Crippen molar-refractivity contribution < 1.29 is 4.79 Å². The first-order chi connectivity index (χ1) is 9.41. The van der Waals surface area contributed by atoms with E-state index in [9.17, 15) is 4.79 Å². The Bertz CT molecular complexity index is 478. The number of hydrogen-bond donors (Lipinski definition) is 0. The number of carbonyl (C=O) groups excluding carboxylic acids is 1. The third-order valence-electron chi connectivity index (χ3n) is 4.41. The minimum absolute atomic E-state index is 0.365. The molecule has 2 nitrogen and oxygen atoms in total. The van der Waals surface area contributed by atoms with E-state index in [-0.39, 0.29) is 0 Å². The molecule has 3 heteroatoms. The Hall–Kier alpha value is -1.02. The Morgan fingerprint density at radius 3 is 2.65 bits per heavy atom. The summed E-state index contributed by atoms with van der Waals surface area (Å²) in [6, 6.07) is 5.61. The second-order valence-corrected chi connectivity index (χ2v) is 7.24. The van der Waals surface area contributed by atoms with Gasteiger partial charge in [-0.05, 0) is 48.8 Å². The van der Waals surface area contributed by atoms with Crippen molar-refractivity contribution in [1.82, 2.24) is 0 Å². The van der Waals surface area contributed by atoms with Gasteiger partial charge >= 0.3 is 0 Å². The molecule has 1 aliphatic rings. The van der Waals surface area contributed by atoms with E-state index < -0.39 is 0 Å². The molecule has 1 saturated heterocycles. The van der Waals surface area contributed by atoms with E-state index in [1.165, 1.54) is 19.3 Å². The van der Waals surface area contributed by atoms with Crippen LogP contribution in [0, 0.1) is 11.3 Å². The molecule has 1 unspecified atom stereocenters. The SMILES string of the molecule is CC(C)(C)C1CCCN(c2ccc(Cl)cc2C=O)CC1. The van der Waals surface area contributed by atoms with E-state index >= 15 is 0 Å². The van der Waals surface area contributed by atoms with E-state index in [2.05, 4.69) is 25.7 Å². The van der Waals surface area contributed by atoms with Gasteiger partial charge < -0.3 is 4.90 Å². The average molecular weight is 294 g/mol. The lowest BCUT2D eigenvalue weighted by molar-refractivity contribution is 0.112. The highest BCUT2D eigenvalue weighted by atomic mass is 35.5. The molecule has 0 bridgehead atoms. The molecule has 1 aromatic rings. The third kappa shape index (κ3) is 3.54. The zero-order chi connectivity index (χ0) is 14.8. The normalized spacial score (nSPS) is 20.6. The fraction of sp³-hybridized carbons (Fsp3) is 0.588. The van der Waals surface area contributed by atoms with Crippen molar-refractivity contribution >= 4 is 23.6 Å². The Morgan fingerprint density at radius 1 is 1.25 bits per heavy atom. The fourth-order valence-corrected chi connectivity index (χ4v) is 3.29. The number of halogens is 1. The van der Waals surface area contributed by atoms with E-state index in [1.807, 2.05) is 12.1 Å². The molecule has 1 heterocycles. The first-order valence-corrected chi connectivity index (χ1v) is 7.79. The monoisotopic (exact) mass is 293 g/mol. The summed E-state index contributed by atoms with van der Waals surface area (Å²) in [5.41, 5.74) is 2.09. The van der Waals surface area contributed by atoms with Gasteiger partial charge in [0.05, 0.1) is 0 Å². The predicted molar refractivity (Wildman–Crippen MR) is 85.8 cm³/mol. The van der Waals surface area contributed by atoms with Gasteiger partial charge in [0.25, 0.3) is 0 Å². The maximum Gasteiger partial charge on any atom is 0.152 e. The molecule has 0 aromatic heterocycles. The summed E-state index contributed by atoms with van der Waals surface area (Å²) < 4.78 is 0. The highest BCUT2D eigenvalue weighted by Gasteiger charge is 2.27. The van der Waals surface area contributed by atoms with Gasteiger partial charge in [0.15, 0.2) is 6.29 Å². The maximum absolute atomic E-state index is 11.2. The molecule has 1 atom stereocenters. The minimum atomic E-state index is 0.365. The molecule has 0 amide bonds. The topological polar surface area (TPSA) is 20.3 Å². The number of carbonyl (C=O) groups is 1. The van der Waals surface area contributed by atoms with Gasteiger partial charge in [0, 0.05) is 29.4 Å². The van der Waals surface area contributed by atoms with Crippen molar-refractivity contribution in [2.75, 3.05) is 18.0 Å². The van der Waals surface area contributed by atoms with Gasteiger partial charge in [0.1, 0.15) is 0 Å². The van der Waals surface area contributed by atoms with E-state index in [1.54, 1.807) is 6.07 Å². The molecule has 0 aliphatic carbocycles. The van der Waals surface area contributed by atoms with Gasteiger partial charge in [-0.2, -0.15) is 0 Å². The lowest BCUT2D eigenvalue weighted by Gasteiger charge is -2.30. The van der Waals surface area contributed by atoms with Crippen LogP contribution in [0.15, 0.2) is 18.2 Å². The van der Waals surface area contributed by atoms with Crippen LogP contribution in [0.25, 0.3) is 0 Å². The zero-order valence-corrected chi connectivity index (χ0v) is 13.4. The van der Waals surface area contributed by atoms with Crippen LogP contribution >= 0.6 is 11.6 Å². The quantitative estimate of drug-likeness (QED) is 0.730. The minimum Gasteiger partial charge on any atom is -0.371 e. The number of nitrogens with zero attached hydrogens (tertiary/aromatic N) is 1. The summed E-state index contributed by atoms with van der Waals surface area (Å²) in [4.78, 5) is 13.6. The van der Waals surface area contributed by atoms with Crippen LogP contribution in [-0.4, -0.2) is 19.4 Å². The molecule has 2 rings (SSSR count). The zero-order valence-electron chi connectivity index (χ0n) is 12.7. The molecule has 1 aromatic carbocycles. The molecule has 1 aliphatic heterocycles. The summed E-state index contributed by atoms with van der Waals surface area (Å²) in [6.45, 7) is 9.02. The smallest absolute Gasteiger partial charge is 0.152 e. The van der Waals surface area contributed by atoms with Crippen molar-refractivity contribution in [2.45, 2.75) is 40.0 Å². The van der Waals surface area contributed by atoms with Crippen molar-refractivity contribution in [3.8, 4) is 0 Å². The van der Waals surface area contributed by atoms with Crippen LogP contribution in [0.3, 0.4) is 0 Å². The molecule has 110 valence electrons. The molecular formula is C17H24ClNO. The van der Waals surface area contributed by atoms with E-state index in [0.29, 0.717) is 16.0 Å². The average Bonchev–Trinajstić information content (AvgIpc) is 2.63. The van der Waals surface area contributed by atoms with Gasteiger partial charge in [-0.25, -0.2) is 0 Å². The standard InChI is InChI=1S/C17H24ClNO/c1-17(2,3)14-5-4-9-19(10-8-14)16-7-6-15(18)11-13(16)12-20/h6-7,11-12,14H,4-5,8-10H2,1-3H3. The highest BCUT2D eigenvalue weighted by molar-refractivity contribution is 6.31. The van der Waals surface area contributed by atoms with Crippen LogP contribution in [0.2, 0.25) is 5.02 Å². The Morgan fingerprint density at radius 2 is 2.00 bits per heavy atom. The number of hydrogen-bond acceptors (Lipinski definition) is 2. The third-order valence-corrected chi connectivity index (χ3v) is 4.65. The number of aldehydes is 1. The summed E-state index contributed by atoms with van der Waals surface area (Å²) >= 11 is 5.97. The molecule has 0 radical (unpaired) electrons. The van der Waals surface area contributed by atoms with Gasteiger partial charge in [0.2, 0.25) is 0 Å². The van der Waals surface area contributed by atoms with Crippen LogP contribution < -0.4 is 4.90 Å². The van der Waals surface area contributed by atoms with Crippen LogP contribution in [0.4, 0.5) is 5.69 Å². The van der Waals surface area contributed by atoms with Crippen LogP contribution in [0.1, 0.15) is 50.4 Å². The largest absolute Gasteiger partial charge is 0.371 e. The van der Waals surface area contributed by atoms with Crippen LogP contribution in [0.5, 0.6) is 0 Å². The Balaban J connectivity index is 2.17. The van der Waals surface area contributed by atoms with Gasteiger partial charge in [-0.15, -0.1) is 0 Å². The molecule has 20 heavy (non-hydrogen) atoms. The molecule has 1 fully saturated rings. The second kappa shape index (κ2) is 6.17. The molecule has 0 spiro atoms. The van der Waals surface area contributed by atoms with E-state index in [4.69, 9.17) is 11.6 Å². The van der Waals surface area contributed by atoms with Crippen molar-refractivity contribution in [1.29, 1.82) is 0 Å². The molecule has 0 saturated carbocycles. The second-order valence-electron chi connectivity index (χ2n) is 6.80. The lowest BCUT2D eigenvalue weighted by Crippen LogP contribution is -2.26. The van der Waals surface area contributed by atoms with Gasteiger partial charge in [-0.1, -0.05) is 32.4 Å². The number of benzene rings is 1. The summed E-state index contributed by atoms with van der Waals surface area (Å²) in [6.07, 6.45) is 4.55. The lowest BCUT2D eigenvalue weighted by atomic mass is 9.77. The van der Waals surface area contributed by atoms with Crippen LogP contribution in [-0.2, 0) is 0 Å². The summed E-state index contributed by atoms with van der Waals surface area (Å²) in [5.74, 6) is 0.750. The van der Waals surface area contributed by atoms with E-state index in [0.717, 1.165) is 31.0 Å². The van der Waals surface area contributed by atoms with Crippen molar-refractivity contribution in [3.05, 3.63) is 28.8 Å². The van der Waals surface area contributed by atoms with Gasteiger partial charge in [-0.3, -0.25) is 4.79 Å². The summed E-state index contributed by atoms with van der Waals surface area (Å²) in [7, 11) is 0. The predicted octanol–water partition coefficient (Wildman–Crippen LogP) is 4.81. The highest BCUT2D eigenvalue weighted by Crippen LogP contribution is 2.35. The van der Waals surface area contributed by atoms with Crippen molar-refractivity contribution in [3.63, 3.8) is 0 Å². The Labute approximate surface area is 127 Å². The fourth-order valence-electron chi connectivity index (χ4n) is 3.11. The summed E-state index contributed by atoms with van der Waals surface area (Å²) in [5, 5.41) is 0.623. The number of rotatable bonds is 2. The van der Waals surface area contributed by atoms with Crippen molar-refractivity contribution in [2.24, 2.45) is 11.3 Å². The molecule has 0 N–H and O–H groups in total. The Kier molecular flexibility index (Phi) is 4.74. The first-order valence-electron chi connectivity index (χ1n) is 7.41. The number of anilines is 1. The first kappa shape index (κ1) is 15.4. The molecular weight excluding hydrogens is 270 g/mol.